The second kappa shape index (κ2) is 6.07. The smallest absolute Gasteiger partial charge is 0.0638 e. The quantitative estimate of drug-likeness (QED) is 0.587. The summed E-state index contributed by atoms with van der Waals surface area (Å²) < 4.78 is 21.2. The average Bonchev–Trinajstić information content (AvgIpc) is 2.01. The van der Waals surface area contributed by atoms with Crippen LogP contribution in [0.15, 0.2) is 0 Å². The Morgan fingerprint density at radius 2 is 2.40 bits per heavy atom. The van der Waals surface area contributed by atoms with E-state index in [-0.39, 0.29) is 12.8 Å². The zero-order chi connectivity index (χ0) is 10.3. The second-order valence-corrected chi connectivity index (χ2v) is 1.78. The van der Waals surface area contributed by atoms with Crippen molar-refractivity contribution in [2.75, 3.05) is 6.54 Å². The normalized spacial score (nSPS) is 17.2. The summed E-state index contributed by atoms with van der Waals surface area (Å²) in [7, 11) is 0. The summed E-state index contributed by atoms with van der Waals surface area (Å²) in [5.41, 5.74) is 0. The Kier molecular flexibility index (Phi) is 2.86. The van der Waals surface area contributed by atoms with Crippen LogP contribution in [-0.2, 0) is 0 Å². The summed E-state index contributed by atoms with van der Waals surface area (Å²) >= 11 is 0. The molecule has 54 valence electrons. The lowest BCUT2D eigenvalue weighted by Gasteiger charge is -2.06. The van der Waals surface area contributed by atoms with Crippen molar-refractivity contribution in [3.8, 4) is 12.1 Å². The highest BCUT2D eigenvalue weighted by Crippen LogP contribution is 1.86. The first kappa shape index (κ1) is 4.71. The van der Waals surface area contributed by atoms with Crippen molar-refractivity contribution in [1.29, 1.82) is 10.5 Å². The van der Waals surface area contributed by atoms with Crippen LogP contribution in [0.5, 0.6) is 0 Å². The Hall–Kier alpha value is -1.06. The van der Waals surface area contributed by atoms with Crippen molar-refractivity contribution < 1.29 is 4.11 Å². The monoisotopic (exact) mass is 140 g/mol. The first-order chi connectivity index (χ1) is 6.02. The molecule has 0 spiro atoms. The zero-order valence-corrected chi connectivity index (χ0v) is 5.59. The fourth-order valence-corrected chi connectivity index (χ4v) is 0.466. The molecule has 3 heteroatoms. The van der Waals surface area contributed by atoms with Crippen LogP contribution in [-0.4, -0.2) is 12.6 Å². The van der Waals surface area contributed by atoms with Gasteiger partial charge in [0.2, 0.25) is 0 Å². The van der Waals surface area contributed by atoms with E-state index in [1.54, 1.807) is 6.07 Å². The Morgan fingerprint density at radius 3 is 2.90 bits per heavy atom. The number of hydrogen-bond acceptors (Lipinski definition) is 3. The minimum Gasteiger partial charge on any atom is -0.312 e. The number of nitriles is 2. The molecule has 0 saturated carbocycles. The highest BCUT2D eigenvalue weighted by molar-refractivity contribution is 4.79. The lowest BCUT2D eigenvalue weighted by Crippen LogP contribution is -2.26. The van der Waals surface area contributed by atoms with Gasteiger partial charge in [-0.2, -0.15) is 10.5 Å². The Labute approximate surface area is 65.5 Å². The zero-order valence-electron chi connectivity index (χ0n) is 8.59. The molecule has 0 amide bonds. The van der Waals surface area contributed by atoms with E-state index < -0.39 is 12.9 Å². The van der Waals surface area contributed by atoms with E-state index in [9.17, 15) is 0 Å². The maximum Gasteiger partial charge on any atom is 0.0638 e. The van der Waals surface area contributed by atoms with Gasteiger partial charge in [0, 0.05) is 23.1 Å². The molecule has 0 unspecified atom stereocenters. The minimum absolute atomic E-state index is 0.0675. The third-order valence-corrected chi connectivity index (χ3v) is 0.923. The minimum atomic E-state index is -2.18. The van der Waals surface area contributed by atoms with Crippen molar-refractivity contribution >= 4 is 0 Å². The molecule has 0 aliphatic heterocycles. The number of nitrogens with zero attached hydrogens (tertiary/aromatic N) is 2. The van der Waals surface area contributed by atoms with Gasteiger partial charge >= 0.3 is 0 Å². The topological polar surface area (TPSA) is 59.6 Å². The molecule has 0 fully saturated rings. The van der Waals surface area contributed by atoms with Gasteiger partial charge in [-0.1, -0.05) is 0 Å². The summed E-state index contributed by atoms with van der Waals surface area (Å²) in [6, 6.07) is 2.86. The maximum atomic E-state index is 8.35. The fraction of sp³-hybridized carbons (Fsp3) is 0.714. The summed E-state index contributed by atoms with van der Waals surface area (Å²) in [6.07, 6.45) is 0.180. The van der Waals surface area contributed by atoms with Crippen LogP contribution < -0.4 is 5.32 Å². The summed E-state index contributed by atoms with van der Waals surface area (Å²) in [4.78, 5) is 0. The van der Waals surface area contributed by atoms with Crippen LogP contribution in [0.3, 0.4) is 0 Å². The van der Waals surface area contributed by atoms with E-state index in [4.69, 9.17) is 14.6 Å². The molecule has 0 aromatic carbocycles. The lowest BCUT2D eigenvalue weighted by atomic mass is 10.2. The summed E-state index contributed by atoms with van der Waals surface area (Å²) in [6.45, 7) is -1.87. The molecule has 10 heavy (non-hydrogen) atoms. The second-order valence-electron chi connectivity index (χ2n) is 1.78. The highest BCUT2D eigenvalue weighted by Gasteiger charge is 1.96. The molecule has 1 atom stereocenters. The van der Waals surface area contributed by atoms with Crippen LogP contribution in [0.4, 0.5) is 0 Å². The molecule has 0 aliphatic rings. The summed E-state index contributed by atoms with van der Waals surface area (Å²) in [5, 5.41) is 19.2. The number of nitrogens with one attached hydrogen (secondary N) is 1. The molecule has 0 aromatic heterocycles. The molecule has 0 aromatic rings. The van der Waals surface area contributed by atoms with Gasteiger partial charge in [-0.15, -0.1) is 0 Å². The molecular formula is C7H11N3. The van der Waals surface area contributed by atoms with Gasteiger partial charge in [-0.05, 0) is 6.85 Å². The van der Waals surface area contributed by atoms with Gasteiger partial charge in [0.05, 0.1) is 18.6 Å². The molecule has 3 nitrogen and oxygen atoms in total. The van der Waals surface area contributed by atoms with Gasteiger partial charge in [0.25, 0.3) is 0 Å². The first-order valence-corrected chi connectivity index (χ1v) is 2.99. The molecule has 0 heterocycles. The van der Waals surface area contributed by atoms with Crippen LogP contribution in [0.1, 0.15) is 23.8 Å². The average molecular weight is 140 g/mol. The van der Waals surface area contributed by atoms with Crippen molar-refractivity contribution in [3.63, 3.8) is 0 Å². The van der Waals surface area contributed by atoms with Gasteiger partial charge in [-0.25, -0.2) is 0 Å². The third-order valence-electron chi connectivity index (χ3n) is 0.923. The number of rotatable bonds is 4. The van der Waals surface area contributed by atoms with E-state index in [2.05, 4.69) is 5.32 Å². The molecule has 1 N–H and O–H groups in total. The largest absolute Gasteiger partial charge is 0.312 e. The van der Waals surface area contributed by atoms with Gasteiger partial charge in [-0.3, -0.25) is 0 Å². The van der Waals surface area contributed by atoms with Crippen molar-refractivity contribution in [2.24, 2.45) is 0 Å². The molecule has 0 rings (SSSR count). The molecule has 0 saturated heterocycles. The van der Waals surface area contributed by atoms with Gasteiger partial charge in [0.1, 0.15) is 0 Å². The molecule has 0 radical (unpaired) electrons. The van der Waals surface area contributed by atoms with E-state index in [0.717, 1.165) is 0 Å². The predicted octanol–water partition coefficient (Wildman–Crippen LogP) is 0.792. The van der Waals surface area contributed by atoms with Crippen LogP contribution in [0.2, 0.25) is 0 Å². The van der Waals surface area contributed by atoms with Crippen molar-refractivity contribution in [1.82, 2.24) is 5.32 Å². The first-order valence-electron chi connectivity index (χ1n) is 4.49. The van der Waals surface area contributed by atoms with E-state index in [1.807, 2.05) is 6.07 Å². The Balaban J connectivity index is 3.99. The Morgan fingerprint density at radius 1 is 1.60 bits per heavy atom. The van der Waals surface area contributed by atoms with E-state index in [0.29, 0.717) is 6.54 Å². The van der Waals surface area contributed by atoms with Gasteiger partial charge in [0.15, 0.2) is 0 Å². The van der Waals surface area contributed by atoms with Crippen LogP contribution in [0, 0.1) is 22.7 Å². The van der Waals surface area contributed by atoms with E-state index in [1.165, 1.54) is 0 Å². The lowest BCUT2D eigenvalue weighted by molar-refractivity contribution is 0.565. The molecular weight excluding hydrogens is 126 g/mol. The summed E-state index contributed by atoms with van der Waals surface area (Å²) in [5.74, 6) is 0. The fourth-order valence-electron chi connectivity index (χ4n) is 0.466. The molecule has 0 aliphatic carbocycles. The standard InChI is InChI=1S/C7H11N3/c1-7(3-5-9)10-6-2-4-8/h7,10H,2-3,6H2,1H3/t7-/m0/s1/i1D3. The van der Waals surface area contributed by atoms with Crippen LogP contribution >= 0.6 is 0 Å². The van der Waals surface area contributed by atoms with Crippen molar-refractivity contribution in [2.45, 2.75) is 25.7 Å². The SMILES string of the molecule is [2H]C([2H])([2H])[C@@H](CC#N)NCCC#N. The van der Waals surface area contributed by atoms with E-state index >= 15 is 0 Å². The van der Waals surface area contributed by atoms with Gasteiger partial charge < -0.3 is 5.32 Å². The highest BCUT2D eigenvalue weighted by atomic mass is 14.9. The third kappa shape index (κ3) is 5.08. The molecule has 0 bridgehead atoms. The number of hydrogen-bond donors (Lipinski definition) is 1. The van der Waals surface area contributed by atoms with Crippen molar-refractivity contribution in [3.05, 3.63) is 0 Å². The Bertz CT molecular complexity index is 223. The maximum absolute atomic E-state index is 8.35. The van der Waals surface area contributed by atoms with Crippen LogP contribution in [0.25, 0.3) is 0 Å². The predicted molar refractivity (Wildman–Crippen MR) is 37.9 cm³/mol.